The number of carbonyl (C=O) groups is 1. The van der Waals surface area contributed by atoms with E-state index in [1.54, 1.807) is 0 Å². The van der Waals surface area contributed by atoms with Gasteiger partial charge in [0.2, 0.25) is 0 Å². The summed E-state index contributed by atoms with van der Waals surface area (Å²) in [6, 6.07) is 17.7. The molecule has 3 heteroatoms. The van der Waals surface area contributed by atoms with Gasteiger partial charge in [-0.2, -0.15) is 0 Å². The lowest BCUT2D eigenvalue weighted by atomic mass is 10.1. The summed E-state index contributed by atoms with van der Waals surface area (Å²) in [5.41, 5.74) is 2.08. The van der Waals surface area contributed by atoms with Crippen LogP contribution in [0.3, 0.4) is 0 Å². The second-order valence-electron chi connectivity index (χ2n) is 5.88. The topological polar surface area (TPSA) is 35.5 Å². The Bertz CT molecular complexity index is 590. The Kier molecular flexibility index (Phi) is 7.88. The van der Waals surface area contributed by atoms with E-state index in [0.717, 1.165) is 29.7 Å². The molecule has 0 aromatic heterocycles. The van der Waals surface area contributed by atoms with Gasteiger partial charge in [0.1, 0.15) is 12.4 Å². The molecule has 0 N–H and O–H groups in total. The van der Waals surface area contributed by atoms with Gasteiger partial charge < -0.3 is 9.47 Å². The summed E-state index contributed by atoms with van der Waals surface area (Å²) >= 11 is 0. The van der Waals surface area contributed by atoms with Crippen LogP contribution in [0.25, 0.3) is 0 Å². The zero-order chi connectivity index (χ0) is 17.0. The first-order valence-electron chi connectivity index (χ1n) is 8.69. The molecule has 0 spiro atoms. The lowest BCUT2D eigenvalue weighted by Crippen LogP contribution is -2.09. The molecule has 0 unspecified atom stereocenters. The molecule has 0 bridgehead atoms. The molecule has 0 aliphatic heterocycles. The van der Waals surface area contributed by atoms with Crippen LogP contribution in [-0.4, -0.2) is 12.6 Å². The fourth-order valence-corrected chi connectivity index (χ4v) is 2.38. The van der Waals surface area contributed by atoms with E-state index in [9.17, 15) is 4.79 Å². The summed E-state index contributed by atoms with van der Waals surface area (Å²) in [5.74, 6) is 0.639. The van der Waals surface area contributed by atoms with Crippen LogP contribution in [0.2, 0.25) is 0 Å². The van der Waals surface area contributed by atoms with E-state index < -0.39 is 0 Å². The van der Waals surface area contributed by atoms with Gasteiger partial charge in [-0.15, -0.1) is 0 Å². The summed E-state index contributed by atoms with van der Waals surface area (Å²) < 4.78 is 11.0. The van der Waals surface area contributed by atoms with Gasteiger partial charge in [0.15, 0.2) is 0 Å². The van der Waals surface area contributed by atoms with Crippen molar-refractivity contribution in [1.29, 1.82) is 0 Å². The number of unbranched alkanes of at least 4 members (excludes halogenated alkanes) is 3. The van der Waals surface area contributed by atoms with E-state index in [1.165, 1.54) is 12.8 Å². The zero-order valence-electron chi connectivity index (χ0n) is 14.4. The average Bonchev–Trinajstić information content (AvgIpc) is 2.62. The van der Waals surface area contributed by atoms with Gasteiger partial charge in [0.25, 0.3) is 0 Å². The summed E-state index contributed by atoms with van der Waals surface area (Å²) in [6.07, 6.45) is 4.77. The summed E-state index contributed by atoms with van der Waals surface area (Å²) in [6.45, 7) is 3.23. The minimum atomic E-state index is -0.163. The number of rotatable bonds is 10. The highest BCUT2D eigenvalue weighted by Crippen LogP contribution is 2.15. The third-order valence-electron chi connectivity index (χ3n) is 3.78. The molecule has 0 amide bonds. The number of ether oxygens (including phenoxy) is 2. The molecular weight excluding hydrogens is 300 g/mol. The van der Waals surface area contributed by atoms with Crippen LogP contribution < -0.4 is 4.74 Å². The monoisotopic (exact) mass is 326 g/mol. The Labute approximate surface area is 144 Å². The normalized spacial score (nSPS) is 10.4. The molecule has 0 aliphatic carbocycles. The second kappa shape index (κ2) is 10.5. The number of hydrogen-bond donors (Lipinski definition) is 0. The predicted molar refractivity (Wildman–Crippen MR) is 96.0 cm³/mol. The first-order chi connectivity index (χ1) is 11.8. The van der Waals surface area contributed by atoms with Gasteiger partial charge in [-0.1, -0.05) is 68.7 Å². The van der Waals surface area contributed by atoms with Crippen LogP contribution in [0.1, 0.15) is 43.7 Å². The Morgan fingerprint density at radius 2 is 1.62 bits per heavy atom. The van der Waals surface area contributed by atoms with E-state index in [1.807, 2.05) is 54.6 Å². The van der Waals surface area contributed by atoms with Crippen molar-refractivity contribution in [2.45, 2.75) is 45.6 Å². The maximum absolute atomic E-state index is 11.8. The van der Waals surface area contributed by atoms with E-state index in [2.05, 4.69) is 6.92 Å². The van der Waals surface area contributed by atoms with Gasteiger partial charge in [-0.05, 0) is 29.7 Å². The van der Waals surface area contributed by atoms with Crippen molar-refractivity contribution < 1.29 is 14.3 Å². The van der Waals surface area contributed by atoms with Crippen molar-refractivity contribution in [2.75, 3.05) is 6.61 Å². The first-order valence-corrected chi connectivity index (χ1v) is 8.69. The molecule has 3 nitrogen and oxygen atoms in total. The Morgan fingerprint density at radius 1 is 0.875 bits per heavy atom. The Morgan fingerprint density at radius 3 is 2.33 bits per heavy atom. The molecule has 0 heterocycles. The van der Waals surface area contributed by atoms with Crippen LogP contribution >= 0.6 is 0 Å². The first kappa shape index (κ1) is 18.1. The molecule has 24 heavy (non-hydrogen) atoms. The van der Waals surface area contributed by atoms with E-state index in [-0.39, 0.29) is 5.97 Å². The third kappa shape index (κ3) is 6.86. The van der Waals surface area contributed by atoms with Crippen molar-refractivity contribution in [3.05, 3.63) is 65.7 Å². The fraction of sp³-hybridized carbons (Fsp3) is 0.381. The molecule has 0 saturated carbocycles. The molecule has 0 atom stereocenters. The van der Waals surface area contributed by atoms with Gasteiger partial charge in [-0.3, -0.25) is 4.79 Å². The molecule has 0 fully saturated rings. The molecule has 0 aliphatic rings. The maximum Gasteiger partial charge on any atom is 0.310 e. The Hall–Kier alpha value is -2.29. The number of benzene rings is 2. The van der Waals surface area contributed by atoms with Crippen molar-refractivity contribution in [1.82, 2.24) is 0 Å². The average molecular weight is 326 g/mol. The van der Waals surface area contributed by atoms with Crippen molar-refractivity contribution in [3.63, 3.8) is 0 Å². The lowest BCUT2D eigenvalue weighted by molar-refractivity contribution is -0.142. The highest BCUT2D eigenvalue weighted by Gasteiger charge is 2.05. The van der Waals surface area contributed by atoms with E-state index in [4.69, 9.17) is 9.47 Å². The Balaban J connectivity index is 1.70. The van der Waals surface area contributed by atoms with Crippen molar-refractivity contribution in [2.24, 2.45) is 0 Å². The van der Waals surface area contributed by atoms with Gasteiger partial charge in [-0.25, -0.2) is 0 Å². The minimum Gasteiger partial charge on any atom is -0.489 e. The molecule has 0 radical (unpaired) electrons. The van der Waals surface area contributed by atoms with Crippen LogP contribution in [0.5, 0.6) is 5.75 Å². The van der Waals surface area contributed by atoms with Crippen LogP contribution in [0.4, 0.5) is 0 Å². The molecule has 128 valence electrons. The van der Waals surface area contributed by atoms with Gasteiger partial charge >= 0.3 is 5.97 Å². The van der Waals surface area contributed by atoms with E-state index >= 15 is 0 Å². The summed E-state index contributed by atoms with van der Waals surface area (Å²) in [5, 5.41) is 0. The lowest BCUT2D eigenvalue weighted by Gasteiger charge is -2.08. The predicted octanol–water partition coefficient (Wildman–Crippen LogP) is 4.93. The van der Waals surface area contributed by atoms with Gasteiger partial charge in [0, 0.05) is 0 Å². The smallest absolute Gasteiger partial charge is 0.310 e. The molecule has 2 rings (SSSR count). The van der Waals surface area contributed by atoms with Crippen LogP contribution in [-0.2, 0) is 22.6 Å². The maximum atomic E-state index is 11.8. The zero-order valence-corrected chi connectivity index (χ0v) is 14.4. The number of esters is 1. The molecule has 2 aromatic rings. The number of carbonyl (C=O) groups excluding carboxylic acids is 1. The third-order valence-corrected chi connectivity index (χ3v) is 3.78. The minimum absolute atomic E-state index is 0.163. The quantitative estimate of drug-likeness (QED) is 0.458. The van der Waals surface area contributed by atoms with Gasteiger partial charge in [0.05, 0.1) is 13.0 Å². The molecule has 2 aromatic carbocycles. The second-order valence-corrected chi connectivity index (χ2v) is 5.88. The SMILES string of the molecule is CCCCCCOC(=O)Cc1ccc(OCc2ccccc2)cc1. The van der Waals surface area contributed by atoms with Crippen molar-refractivity contribution >= 4 is 5.97 Å². The standard InChI is InChI=1S/C21H26O3/c1-2-3-4-8-15-23-21(22)16-18-11-13-20(14-12-18)24-17-19-9-6-5-7-10-19/h5-7,9-14H,2-4,8,15-17H2,1H3. The highest BCUT2D eigenvalue weighted by molar-refractivity contribution is 5.72. The summed E-state index contributed by atoms with van der Waals surface area (Å²) in [4.78, 5) is 11.8. The largest absolute Gasteiger partial charge is 0.489 e. The fourth-order valence-electron chi connectivity index (χ4n) is 2.38. The van der Waals surface area contributed by atoms with Crippen molar-refractivity contribution in [3.8, 4) is 5.75 Å². The molecular formula is C21H26O3. The highest BCUT2D eigenvalue weighted by atomic mass is 16.5. The number of hydrogen-bond acceptors (Lipinski definition) is 3. The van der Waals surface area contributed by atoms with Crippen LogP contribution in [0, 0.1) is 0 Å². The van der Waals surface area contributed by atoms with Crippen LogP contribution in [0.15, 0.2) is 54.6 Å². The summed E-state index contributed by atoms with van der Waals surface area (Å²) in [7, 11) is 0. The molecule has 0 saturated heterocycles. The van der Waals surface area contributed by atoms with E-state index in [0.29, 0.717) is 19.6 Å².